The first kappa shape index (κ1) is 19.5. The lowest BCUT2D eigenvalue weighted by atomic mass is 10.3. The van der Waals surface area contributed by atoms with Crippen LogP contribution in [0.3, 0.4) is 0 Å². The predicted molar refractivity (Wildman–Crippen MR) is 122 cm³/mol. The van der Waals surface area contributed by atoms with Crippen LogP contribution in [-0.4, -0.2) is 34.7 Å². The Balaban J connectivity index is 1.63. The number of hydrogen-bond acceptors (Lipinski definition) is 4. The molecule has 7 heteroatoms. The van der Waals surface area contributed by atoms with Gasteiger partial charge in [-0.2, -0.15) is 0 Å². The fourth-order valence-corrected chi connectivity index (χ4v) is 4.28. The number of methoxy groups -OCH3 is 1. The molecule has 0 unspecified atom stereocenters. The summed E-state index contributed by atoms with van der Waals surface area (Å²) in [5.41, 5.74) is 2.72. The van der Waals surface area contributed by atoms with Crippen molar-refractivity contribution in [3.63, 3.8) is 0 Å². The summed E-state index contributed by atoms with van der Waals surface area (Å²) >= 11 is 4.88. The van der Waals surface area contributed by atoms with Gasteiger partial charge >= 0.3 is 0 Å². The van der Waals surface area contributed by atoms with E-state index in [1.54, 1.807) is 19.1 Å². The summed E-state index contributed by atoms with van der Waals surface area (Å²) in [6.45, 7) is 0. The van der Waals surface area contributed by atoms with E-state index in [1.807, 2.05) is 77.5 Å². The summed E-state index contributed by atoms with van der Waals surface area (Å²) in [7, 11) is 3.37. The molecule has 1 aliphatic heterocycles. The predicted octanol–water partition coefficient (Wildman–Crippen LogP) is 5.48. The maximum absolute atomic E-state index is 12.8. The van der Waals surface area contributed by atoms with Gasteiger partial charge in [-0.25, -0.2) is 4.99 Å². The van der Waals surface area contributed by atoms with Crippen molar-refractivity contribution in [3.05, 3.63) is 81.9 Å². The van der Waals surface area contributed by atoms with Crippen LogP contribution in [0, 0.1) is 0 Å². The van der Waals surface area contributed by atoms with Crippen molar-refractivity contribution in [2.45, 2.75) is 0 Å². The summed E-state index contributed by atoms with van der Waals surface area (Å²) in [6, 6.07) is 19.4. The van der Waals surface area contributed by atoms with Gasteiger partial charge in [0.05, 0.1) is 17.7 Å². The topological polar surface area (TPSA) is 46.8 Å². The number of carbonyl (C=O) groups is 1. The molecule has 0 radical (unpaired) electrons. The Kier molecular flexibility index (Phi) is 5.60. The molecule has 0 aliphatic carbocycles. The van der Waals surface area contributed by atoms with Gasteiger partial charge in [-0.05, 0) is 72.4 Å². The molecular weight excluding hydrogens is 450 g/mol. The number of amides is 1. The van der Waals surface area contributed by atoms with Gasteiger partial charge in [0, 0.05) is 29.1 Å². The van der Waals surface area contributed by atoms with E-state index in [9.17, 15) is 4.79 Å². The first-order valence-electron chi connectivity index (χ1n) is 8.89. The van der Waals surface area contributed by atoms with E-state index in [1.165, 1.54) is 11.8 Å². The zero-order valence-corrected chi connectivity index (χ0v) is 18.3. The molecule has 1 fully saturated rings. The molecule has 2 aromatic carbocycles. The second kappa shape index (κ2) is 8.31. The molecule has 0 bridgehead atoms. The van der Waals surface area contributed by atoms with Gasteiger partial charge < -0.3 is 9.30 Å². The minimum atomic E-state index is -0.0655. The Labute approximate surface area is 181 Å². The Morgan fingerprint density at radius 1 is 1.10 bits per heavy atom. The van der Waals surface area contributed by atoms with Crippen LogP contribution in [0.2, 0.25) is 0 Å². The molecule has 4 rings (SSSR count). The molecule has 1 aromatic heterocycles. The monoisotopic (exact) mass is 467 g/mol. The van der Waals surface area contributed by atoms with Crippen molar-refractivity contribution >= 4 is 50.5 Å². The summed E-state index contributed by atoms with van der Waals surface area (Å²) in [5, 5.41) is 0.645. The molecule has 2 heterocycles. The van der Waals surface area contributed by atoms with Gasteiger partial charge in [-0.15, -0.1) is 0 Å². The van der Waals surface area contributed by atoms with E-state index in [0.717, 1.165) is 27.3 Å². The molecule has 29 heavy (non-hydrogen) atoms. The van der Waals surface area contributed by atoms with Crippen molar-refractivity contribution in [2.75, 3.05) is 14.2 Å². The maximum Gasteiger partial charge on any atom is 0.266 e. The molecule has 0 N–H and O–H groups in total. The molecule has 5 nitrogen and oxygen atoms in total. The number of rotatable bonds is 4. The SMILES string of the molecule is COc1ccc(N=C2S/C(=C\c3cccn3-c3cccc(Br)c3)C(=O)N2C)cc1. The highest BCUT2D eigenvalue weighted by atomic mass is 79.9. The van der Waals surface area contributed by atoms with Crippen LogP contribution in [0.25, 0.3) is 11.8 Å². The molecule has 146 valence electrons. The highest BCUT2D eigenvalue weighted by molar-refractivity contribution is 9.10. The van der Waals surface area contributed by atoms with Crippen LogP contribution in [0.4, 0.5) is 5.69 Å². The molecule has 1 saturated heterocycles. The third-order valence-electron chi connectivity index (χ3n) is 4.45. The molecule has 0 atom stereocenters. The minimum absolute atomic E-state index is 0.0655. The molecule has 0 saturated carbocycles. The summed E-state index contributed by atoms with van der Waals surface area (Å²) in [6.07, 6.45) is 3.88. The fraction of sp³-hybridized carbons (Fsp3) is 0.0909. The van der Waals surface area contributed by atoms with Gasteiger partial charge in [-0.3, -0.25) is 9.69 Å². The molecule has 1 aliphatic rings. The van der Waals surface area contributed by atoms with Gasteiger partial charge in [0.15, 0.2) is 5.17 Å². The zero-order chi connectivity index (χ0) is 20.4. The first-order valence-corrected chi connectivity index (χ1v) is 10.5. The third-order valence-corrected chi connectivity index (χ3v) is 6.00. The van der Waals surface area contributed by atoms with Gasteiger partial charge in [0.1, 0.15) is 5.75 Å². The Morgan fingerprint density at radius 3 is 2.62 bits per heavy atom. The van der Waals surface area contributed by atoms with E-state index in [0.29, 0.717) is 10.1 Å². The number of amidine groups is 1. The van der Waals surface area contributed by atoms with Crippen LogP contribution < -0.4 is 4.74 Å². The van der Waals surface area contributed by atoms with Crippen molar-refractivity contribution in [3.8, 4) is 11.4 Å². The quantitative estimate of drug-likeness (QED) is 0.477. The number of aromatic nitrogens is 1. The fourth-order valence-electron chi connectivity index (χ4n) is 2.93. The minimum Gasteiger partial charge on any atom is -0.497 e. The van der Waals surface area contributed by atoms with Gasteiger partial charge in [-0.1, -0.05) is 22.0 Å². The maximum atomic E-state index is 12.8. The summed E-state index contributed by atoms with van der Waals surface area (Å²) in [4.78, 5) is 19.6. The lowest BCUT2D eigenvalue weighted by Crippen LogP contribution is -2.23. The Hall–Kier alpha value is -2.77. The smallest absolute Gasteiger partial charge is 0.266 e. The van der Waals surface area contributed by atoms with Crippen LogP contribution in [0.5, 0.6) is 5.75 Å². The van der Waals surface area contributed by atoms with Crippen LogP contribution in [0.15, 0.2) is 81.2 Å². The van der Waals surface area contributed by atoms with Crippen LogP contribution >= 0.6 is 27.7 Å². The van der Waals surface area contributed by atoms with E-state index in [-0.39, 0.29) is 5.91 Å². The van der Waals surface area contributed by atoms with E-state index >= 15 is 0 Å². The second-order valence-corrected chi connectivity index (χ2v) is 8.27. The van der Waals surface area contributed by atoms with E-state index in [4.69, 9.17) is 4.74 Å². The second-order valence-electron chi connectivity index (χ2n) is 6.35. The lowest BCUT2D eigenvalue weighted by molar-refractivity contribution is -0.121. The molecular formula is C22H18BrN3O2S. The van der Waals surface area contributed by atoms with E-state index < -0.39 is 0 Å². The van der Waals surface area contributed by atoms with E-state index in [2.05, 4.69) is 20.9 Å². The highest BCUT2D eigenvalue weighted by Crippen LogP contribution is 2.34. The Bertz CT molecular complexity index is 1120. The largest absolute Gasteiger partial charge is 0.497 e. The summed E-state index contributed by atoms with van der Waals surface area (Å²) < 4.78 is 8.22. The van der Waals surface area contributed by atoms with Gasteiger partial charge in [0.2, 0.25) is 0 Å². The number of benzene rings is 2. The molecule has 0 spiro atoms. The highest BCUT2D eigenvalue weighted by Gasteiger charge is 2.30. The standard InChI is InChI=1S/C22H18BrN3O2S/c1-25-21(27)20(29-22(25)24-16-8-10-19(28-2)11-9-16)14-18-7-4-12-26(18)17-6-3-5-15(23)13-17/h3-14H,1-2H3/b20-14-,24-22?. The van der Waals surface area contributed by atoms with Crippen molar-refractivity contribution in [1.82, 2.24) is 9.47 Å². The number of thioether (sulfide) groups is 1. The number of aliphatic imine (C=N–C) groups is 1. The van der Waals surface area contributed by atoms with Crippen LogP contribution in [0.1, 0.15) is 5.69 Å². The van der Waals surface area contributed by atoms with Crippen molar-refractivity contribution in [2.24, 2.45) is 4.99 Å². The Morgan fingerprint density at radius 2 is 1.90 bits per heavy atom. The molecule has 3 aromatic rings. The summed E-state index contributed by atoms with van der Waals surface area (Å²) in [5.74, 6) is 0.704. The van der Waals surface area contributed by atoms with Crippen molar-refractivity contribution in [1.29, 1.82) is 0 Å². The average Bonchev–Trinajstić information content (AvgIpc) is 3.29. The van der Waals surface area contributed by atoms with Crippen molar-refractivity contribution < 1.29 is 9.53 Å². The molecule has 1 amide bonds. The number of ether oxygens (including phenoxy) is 1. The lowest BCUT2D eigenvalue weighted by Gasteiger charge is -2.08. The van der Waals surface area contributed by atoms with Gasteiger partial charge in [0.25, 0.3) is 5.91 Å². The zero-order valence-electron chi connectivity index (χ0n) is 15.9. The average molecular weight is 468 g/mol. The number of nitrogens with zero attached hydrogens (tertiary/aromatic N) is 3. The first-order chi connectivity index (χ1) is 14.0. The number of hydrogen-bond donors (Lipinski definition) is 0. The third kappa shape index (κ3) is 4.16. The number of halogens is 1. The normalized spacial score (nSPS) is 16.8. The van der Waals surface area contributed by atoms with Crippen LogP contribution in [-0.2, 0) is 4.79 Å². The number of likely N-dealkylation sites (N-methyl/N-ethyl adjacent to an activating group) is 1. The number of carbonyl (C=O) groups excluding carboxylic acids is 1.